The van der Waals surface area contributed by atoms with E-state index in [1.165, 1.54) is 30.0 Å². The van der Waals surface area contributed by atoms with E-state index in [1.807, 2.05) is 11.3 Å². The number of rotatable bonds is 6. The van der Waals surface area contributed by atoms with Crippen LogP contribution in [0.1, 0.15) is 43.8 Å². The third kappa shape index (κ3) is 3.05. The predicted octanol–water partition coefficient (Wildman–Crippen LogP) is 3.33. The van der Waals surface area contributed by atoms with E-state index >= 15 is 0 Å². The third-order valence-corrected chi connectivity index (χ3v) is 4.43. The van der Waals surface area contributed by atoms with Gasteiger partial charge in [-0.1, -0.05) is 6.92 Å². The molecule has 0 saturated heterocycles. The minimum atomic E-state index is 0.719. The summed E-state index contributed by atoms with van der Waals surface area (Å²) in [6.45, 7) is 5.57. The normalized spacial score (nSPS) is 18.0. The van der Waals surface area contributed by atoms with E-state index in [0.717, 1.165) is 24.9 Å². The lowest BCUT2D eigenvalue weighted by Gasteiger charge is -2.23. The van der Waals surface area contributed by atoms with Crippen LogP contribution in [0.15, 0.2) is 5.38 Å². The molecule has 90 valence electrons. The summed E-state index contributed by atoms with van der Waals surface area (Å²) in [5.74, 6) is 0.943. The Morgan fingerprint density at radius 2 is 2.31 bits per heavy atom. The van der Waals surface area contributed by atoms with Crippen LogP contribution in [0.3, 0.4) is 0 Å². The van der Waals surface area contributed by atoms with Crippen molar-refractivity contribution < 1.29 is 0 Å². The number of hydrogen-bond acceptors (Lipinski definition) is 3. The zero-order valence-electron chi connectivity index (χ0n) is 10.6. The molecule has 1 aliphatic carbocycles. The van der Waals surface area contributed by atoms with Crippen LogP contribution in [0, 0.1) is 5.92 Å². The van der Waals surface area contributed by atoms with Gasteiger partial charge in [-0.3, -0.25) is 4.90 Å². The minimum Gasteiger partial charge on any atom is -0.298 e. The SMILES string of the molecule is CCCc1nc(CN(C)C(C)C2CC2)cs1. The highest BCUT2D eigenvalue weighted by atomic mass is 32.1. The van der Waals surface area contributed by atoms with Crippen molar-refractivity contribution in [1.29, 1.82) is 0 Å². The lowest BCUT2D eigenvalue weighted by molar-refractivity contribution is 0.224. The summed E-state index contributed by atoms with van der Waals surface area (Å²) >= 11 is 1.81. The summed E-state index contributed by atoms with van der Waals surface area (Å²) in [5.41, 5.74) is 1.25. The standard InChI is InChI=1S/C13H22N2S/c1-4-5-13-14-12(9-16-13)8-15(3)10(2)11-6-7-11/h9-11H,4-8H2,1-3H3. The van der Waals surface area contributed by atoms with Gasteiger partial charge in [0.25, 0.3) is 0 Å². The summed E-state index contributed by atoms with van der Waals surface area (Å²) in [6.07, 6.45) is 5.17. The van der Waals surface area contributed by atoms with Gasteiger partial charge < -0.3 is 0 Å². The highest BCUT2D eigenvalue weighted by Gasteiger charge is 2.30. The molecule has 0 amide bonds. The van der Waals surface area contributed by atoms with Gasteiger partial charge in [0.1, 0.15) is 0 Å². The molecule has 0 aliphatic heterocycles. The van der Waals surface area contributed by atoms with E-state index < -0.39 is 0 Å². The molecule has 0 aromatic carbocycles. The van der Waals surface area contributed by atoms with Crippen molar-refractivity contribution >= 4 is 11.3 Å². The van der Waals surface area contributed by atoms with Crippen LogP contribution in [-0.2, 0) is 13.0 Å². The summed E-state index contributed by atoms with van der Waals surface area (Å²) in [4.78, 5) is 7.13. The first-order valence-corrected chi connectivity index (χ1v) is 7.22. The average Bonchev–Trinajstić information content (AvgIpc) is 3.02. The predicted molar refractivity (Wildman–Crippen MR) is 69.8 cm³/mol. The van der Waals surface area contributed by atoms with Crippen molar-refractivity contribution in [3.63, 3.8) is 0 Å². The Kier molecular flexibility index (Phi) is 3.98. The molecule has 0 N–H and O–H groups in total. The van der Waals surface area contributed by atoms with Crippen LogP contribution in [-0.4, -0.2) is 23.0 Å². The van der Waals surface area contributed by atoms with Crippen molar-refractivity contribution in [3.8, 4) is 0 Å². The molecule has 1 atom stereocenters. The molecule has 0 spiro atoms. The van der Waals surface area contributed by atoms with Gasteiger partial charge in [0, 0.05) is 18.0 Å². The van der Waals surface area contributed by atoms with E-state index in [-0.39, 0.29) is 0 Å². The molecular formula is C13H22N2S. The minimum absolute atomic E-state index is 0.719. The molecule has 1 aromatic heterocycles. The second kappa shape index (κ2) is 5.28. The van der Waals surface area contributed by atoms with Gasteiger partial charge in [0.2, 0.25) is 0 Å². The van der Waals surface area contributed by atoms with Gasteiger partial charge in [-0.15, -0.1) is 11.3 Å². The third-order valence-electron chi connectivity index (χ3n) is 3.47. The van der Waals surface area contributed by atoms with Gasteiger partial charge in [-0.25, -0.2) is 4.98 Å². The molecule has 1 aliphatic rings. The zero-order chi connectivity index (χ0) is 11.5. The molecule has 1 heterocycles. The van der Waals surface area contributed by atoms with Crippen LogP contribution >= 0.6 is 11.3 Å². The Hall–Kier alpha value is -0.410. The molecule has 3 heteroatoms. The number of thiazole rings is 1. The van der Waals surface area contributed by atoms with Crippen molar-refractivity contribution in [2.45, 2.75) is 52.1 Å². The molecule has 1 saturated carbocycles. The number of aryl methyl sites for hydroxylation is 1. The molecule has 2 nitrogen and oxygen atoms in total. The molecule has 1 aromatic rings. The first kappa shape index (κ1) is 12.1. The fourth-order valence-electron chi connectivity index (χ4n) is 2.09. The van der Waals surface area contributed by atoms with E-state index in [2.05, 4.69) is 36.2 Å². The van der Waals surface area contributed by atoms with Crippen LogP contribution in [0.2, 0.25) is 0 Å². The van der Waals surface area contributed by atoms with Crippen molar-refractivity contribution in [2.24, 2.45) is 5.92 Å². The number of nitrogens with zero attached hydrogens (tertiary/aromatic N) is 2. The van der Waals surface area contributed by atoms with E-state index in [0.29, 0.717) is 0 Å². The highest BCUT2D eigenvalue weighted by Crippen LogP contribution is 2.35. The fourth-order valence-corrected chi connectivity index (χ4v) is 2.98. The van der Waals surface area contributed by atoms with Crippen molar-refractivity contribution in [3.05, 3.63) is 16.1 Å². The average molecular weight is 238 g/mol. The maximum Gasteiger partial charge on any atom is 0.0928 e. The van der Waals surface area contributed by atoms with E-state index in [9.17, 15) is 0 Å². The van der Waals surface area contributed by atoms with E-state index in [1.54, 1.807) is 0 Å². The summed E-state index contributed by atoms with van der Waals surface area (Å²) in [6, 6.07) is 0.719. The first-order chi connectivity index (χ1) is 7.70. The second-order valence-electron chi connectivity index (χ2n) is 4.98. The fraction of sp³-hybridized carbons (Fsp3) is 0.769. The number of aromatic nitrogens is 1. The molecule has 1 unspecified atom stereocenters. The monoisotopic (exact) mass is 238 g/mol. The lowest BCUT2D eigenvalue weighted by Crippen LogP contribution is -2.30. The van der Waals surface area contributed by atoms with Gasteiger partial charge in [-0.05, 0) is 45.6 Å². The maximum absolute atomic E-state index is 4.68. The van der Waals surface area contributed by atoms with Crippen LogP contribution < -0.4 is 0 Å². The van der Waals surface area contributed by atoms with Crippen LogP contribution in [0.5, 0.6) is 0 Å². The topological polar surface area (TPSA) is 16.1 Å². The molecule has 0 bridgehead atoms. The van der Waals surface area contributed by atoms with Gasteiger partial charge >= 0.3 is 0 Å². The quantitative estimate of drug-likeness (QED) is 0.756. The Morgan fingerprint density at radius 1 is 1.56 bits per heavy atom. The summed E-state index contributed by atoms with van der Waals surface area (Å²) in [7, 11) is 2.22. The molecule has 1 fully saturated rings. The highest BCUT2D eigenvalue weighted by molar-refractivity contribution is 7.09. The first-order valence-electron chi connectivity index (χ1n) is 6.34. The van der Waals surface area contributed by atoms with Gasteiger partial charge in [0.15, 0.2) is 0 Å². The van der Waals surface area contributed by atoms with Crippen molar-refractivity contribution in [2.75, 3.05) is 7.05 Å². The summed E-state index contributed by atoms with van der Waals surface area (Å²) in [5, 5.41) is 3.52. The van der Waals surface area contributed by atoms with Gasteiger partial charge in [-0.2, -0.15) is 0 Å². The summed E-state index contributed by atoms with van der Waals surface area (Å²) < 4.78 is 0. The van der Waals surface area contributed by atoms with E-state index in [4.69, 9.17) is 0 Å². The largest absolute Gasteiger partial charge is 0.298 e. The Bertz CT molecular complexity index is 330. The lowest BCUT2D eigenvalue weighted by atomic mass is 10.2. The van der Waals surface area contributed by atoms with Gasteiger partial charge in [0.05, 0.1) is 10.7 Å². The smallest absolute Gasteiger partial charge is 0.0928 e. The van der Waals surface area contributed by atoms with Crippen LogP contribution in [0.25, 0.3) is 0 Å². The zero-order valence-corrected chi connectivity index (χ0v) is 11.4. The maximum atomic E-state index is 4.68. The Morgan fingerprint density at radius 3 is 2.94 bits per heavy atom. The Labute approximate surface area is 103 Å². The second-order valence-corrected chi connectivity index (χ2v) is 5.92. The van der Waals surface area contributed by atoms with Crippen LogP contribution in [0.4, 0.5) is 0 Å². The molecular weight excluding hydrogens is 216 g/mol. The molecule has 16 heavy (non-hydrogen) atoms. The number of hydrogen-bond donors (Lipinski definition) is 0. The Balaban J connectivity index is 1.86. The van der Waals surface area contributed by atoms with Crippen molar-refractivity contribution in [1.82, 2.24) is 9.88 Å². The molecule has 2 rings (SSSR count). The molecule has 0 radical (unpaired) electrons.